The van der Waals surface area contributed by atoms with Crippen molar-refractivity contribution in [3.05, 3.63) is 87.9 Å². The second-order valence-corrected chi connectivity index (χ2v) is 13.5. The predicted molar refractivity (Wildman–Crippen MR) is 171 cm³/mol. The first-order valence-corrected chi connectivity index (χ1v) is 15.3. The first-order valence-electron chi connectivity index (χ1n) is 14.9. The van der Waals surface area contributed by atoms with Gasteiger partial charge in [0.1, 0.15) is 5.60 Å². The lowest BCUT2D eigenvalue weighted by Crippen LogP contribution is -2.58. The van der Waals surface area contributed by atoms with Gasteiger partial charge in [0.25, 0.3) is 0 Å². The zero-order valence-corrected chi connectivity index (χ0v) is 27.1. The highest BCUT2D eigenvalue weighted by Crippen LogP contribution is 2.44. The maximum atomic E-state index is 13.8. The number of fused-ring (bicyclic) bond motifs is 1. The van der Waals surface area contributed by atoms with Crippen molar-refractivity contribution in [1.82, 2.24) is 4.90 Å². The summed E-state index contributed by atoms with van der Waals surface area (Å²) in [6, 6.07) is 18.4. The summed E-state index contributed by atoms with van der Waals surface area (Å²) in [5.74, 6) is 0.979. The van der Waals surface area contributed by atoms with Crippen molar-refractivity contribution in [1.29, 1.82) is 0 Å². The van der Waals surface area contributed by atoms with E-state index in [1.54, 1.807) is 23.8 Å². The molecule has 0 bridgehead atoms. The molecule has 9 heteroatoms. The van der Waals surface area contributed by atoms with Crippen LogP contribution in [-0.2, 0) is 21.6 Å². The first-order chi connectivity index (χ1) is 20.7. The molecule has 3 aromatic carbocycles. The lowest BCUT2D eigenvalue weighted by molar-refractivity contribution is -0.118. The number of halogens is 1. The second kappa shape index (κ2) is 12.0. The number of rotatable bonds is 7. The minimum Gasteiger partial charge on any atom is -0.493 e. The summed E-state index contributed by atoms with van der Waals surface area (Å²) in [6.45, 7) is 12.0. The van der Waals surface area contributed by atoms with Gasteiger partial charge in [0, 0.05) is 29.7 Å². The number of methoxy groups -OCH3 is 1. The minimum atomic E-state index is -1.18. The molecular formula is C35H41ClN2O6. The fourth-order valence-corrected chi connectivity index (χ4v) is 5.96. The van der Waals surface area contributed by atoms with Gasteiger partial charge in [0.05, 0.1) is 31.3 Å². The Morgan fingerprint density at radius 3 is 2.18 bits per heavy atom. The third-order valence-electron chi connectivity index (χ3n) is 8.20. The number of likely N-dealkylation sites (tertiary alicyclic amines) is 1. The summed E-state index contributed by atoms with van der Waals surface area (Å²) < 4.78 is 17.2. The van der Waals surface area contributed by atoms with Crippen LogP contribution in [0.5, 0.6) is 11.5 Å². The van der Waals surface area contributed by atoms with Gasteiger partial charge in [0.15, 0.2) is 11.5 Å². The highest BCUT2D eigenvalue weighted by atomic mass is 35.5. The molecule has 1 unspecified atom stereocenters. The molecular weight excluding hydrogens is 580 g/mol. The molecule has 2 aliphatic heterocycles. The summed E-state index contributed by atoms with van der Waals surface area (Å²) in [5, 5.41) is 12.1. The van der Waals surface area contributed by atoms with Crippen molar-refractivity contribution in [2.24, 2.45) is 5.92 Å². The monoisotopic (exact) mass is 620 g/mol. The second-order valence-electron chi connectivity index (χ2n) is 13.0. The molecule has 0 aromatic heterocycles. The van der Waals surface area contributed by atoms with Crippen LogP contribution < -0.4 is 14.4 Å². The lowest BCUT2D eigenvalue weighted by Gasteiger charge is -2.46. The Kier molecular flexibility index (Phi) is 8.62. The largest absolute Gasteiger partial charge is 0.493 e. The number of amides is 2. The smallest absolute Gasteiger partial charge is 0.410 e. The van der Waals surface area contributed by atoms with Crippen LogP contribution in [0.1, 0.15) is 69.8 Å². The molecule has 0 saturated carbocycles. The fraction of sp³-hybridized carbons (Fsp3) is 0.429. The van der Waals surface area contributed by atoms with Gasteiger partial charge in [0.2, 0.25) is 5.91 Å². The Morgan fingerprint density at radius 2 is 1.61 bits per heavy atom. The van der Waals surface area contributed by atoms with E-state index in [1.165, 1.54) is 0 Å². The molecule has 0 aliphatic carbocycles. The van der Waals surface area contributed by atoms with Crippen molar-refractivity contribution in [2.75, 3.05) is 25.1 Å². The molecule has 8 nitrogen and oxygen atoms in total. The van der Waals surface area contributed by atoms with E-state index in [2.05, 4.69) is 0 Å². The van der Waals surface area contributed by atoms with Crippen molar-refractivity contribution in [2.45, 2.75) is 71.3 Å². The zero-order chi connectivity index (χ0) is 32.0. The molecule has 5 rings (SSSR count). The van der Waals surface area contributed by atoms with Crippen LogP contribution in [-0.4, -0.2) is 53.9 Å². The molecule has 44 heavy (non-hydrogen) atoms. The van der Waals surface area contributed by atoms with Crippen molar-refractivity contribution in [3.63, 3.8) is 0 Å². The molecule has 1 saturated heterocycles. The molecule has 2 amide bonds. The summed E-state index contributed by atoms with van der Waals surface area (Å²) in [7, 11) is 1.59. The summed E-state index contributed by atoms with van der Waals surface area (Å²) in [4.78, 5) is 29.7. The molecule has 1 N–H and O–H groups in total. The van der Waals surface area contributed by atoms with Gasteiger partial charge in [-0.3, -0.25) is 4.79 Å². The first kappa shape index (κ1) is 31.7. The summed E-state index contributed by atoms with van der Waals surface area (Å²) in [6.07, 6.45) is -0.249. The average Bonchev–Trinajstić information content (AvgIpc) is 2.90. The molecule has 2 heterocycles. The van der Waals surface area contributed by atoms with Gasteiger partial charge in [-0.15, -0.1) is 0 Å². The topological polar surface area (TPSA) is 88.5 Å². The number of ether oxygens (including phenoxy) is 3. The van der Waals surface area contributed by atoms with Crippen LogP contribution >= 0.6 is 11.6 Å². The number of hydrogen-bond donors (Lipinski definition) is 1. The number of aliphatic hydroxyl groups is 1. The van der Waals surface area contributed by atoms with Gasteiger partial charge in [-0.25, -0.2) is 4.79 Å². The summed E-state index contributed by atoms with van der Waals surface area (Å²) in [5.41, 5.74) is 2.37. The van der Waals surface area contributed by atoms with Crippen molar-refractivity contribution in [3.8, 4) is 11.5 Å². The van der Waals surface area contributed by atoms with E-state index in [4.69, 9.17) is 25.8 Å². The Labute approximate surface area is 264 Å². The van der Waals surface area contributed by atoms with Crippen molar-refractivity contribution < 1.29 is 28.9 Å². The highest BCUT2D eigenvalue weighted by Gasteiger charge is 2.45. The third-order valence-corrected chi connectivity index (χ3v) is 8.45. The zero-order valence-electron chi connectivity index (χ0n) is 26.4. The third kappa shape index (κ3) is 6.37. The Bertz CT molecular complexity index is 1520. The number of nitrogens with zero attached hydrogens (tertiary/aromatic N) is 2. The molecule has 234 valence electrons. The van der Waals surface area contributed by atoms with E-state index in [0.29, 0.717) is 40.9 Å². The van der Waals surface area contributed by atoms with Crippen LogP contribution in [0.4, 0.5) is 10.5 Å². The van der Waals surface area contributed by atoms with Gasteiger partial charge < -0.3 is 29.1 Å². The molecule has 0 radical (unpaired) electrons. The molecule has 1 fully saturated rings. The number of benzene rings is 3. The highest BCUT2D eigenvalue weighted by molar-refractivity contribution is 6.30. The van der Waals surface area contributed by atoms with E-state index in [1.807, 2.05) is 95.3 Å². The molecule has 2 atom stereocenters. The van der Waals surface area contributed by atoms with Gasteiger partial charge in [-0.05, 0) is 100 Å². The lowest BCUT2D eigenvalue weighted by atomic mass is 9.78. The van der Waals surface area contributed by atoms with Crippen LogP contribution in [0.2, 0.25) is 5.02 Å². The van der Waals surface area contributed by atoms with Crippen molar-refractivity contribution >= 4 is 29.3 Å². The Balaban J connectivity index is 1.46. The van der Waals surface area contributed by atoms with Gasteiger partial charge in [-0.2, -0.15) is 0 Å². The maximum absolute atomic E-state index is 13.8. The van der Waals surface area contributed by atoms with Crippen LogP contribution in [0.3, 0.4) is 0 Å². The maximum Gasteiger partial charge on any atom is 0.410 e. The van der Waals surface area contributed by atoms with Gasteiger partial charge >= 0.3 is 6.09 Å². The van der Waals surface area contributed by atoms with E-state index in [-0.39, 0.29) is 30.4 Å². The normalized spacial score (nSPS) is 18.4. The van der Waals surface area contributed by atoms with Crippen LogP contribution in [0, 0.1) is 5.92 Å². The number of carbonyl (C=O) groups is 2. The average molecular weight is 621 g/mol. The predicted octanol–water partition coefficient (Wildman–Crippen LogP) is 6.89. The molecule has 0 spiro atoms. The number of hydrogen-bond acceptors (Lipinski definition) is 6. The minimum absolute atomic E-state index is 0.0653. The van der Waals surface area contributed by atoms with Gasteiger partial charge in [-0.1, -0.05) is 35.9 Å². The van der Waals surface area contributed by atoms with E-state index >= 15 is 0 Å². The standard InChI is InChI=1S/C35H41ClN2O6/c1-21(2)43-30-18-28-23(16-29(30)42-7)17-31(39)38(32(28)22-8-12-26(36)13-9-22)27-14-10-24(11-15-27)35(6,41)25-19-37(20-25)33(40)44-34(3,4)5/h8-16,18,21,25,32,41H,17,19-20H2,1-7H3/t32-,35?/m0/s1. The van der Waals surface area contributed by atoms with Crippen LogP contribution in [0.15, 0.2) is 60.7 Å². The quantitative estimate of drug-likeness (QED) is 0.309. The fourth-order valence-electron chi connectivity index (χ4n) is 5.83. The Morgan fingerprint density at radius 1 is 0.977 bits per heavy atom. The number of carbonyl (C=O) groups excluding carboxylic acids is 2. The van der Waals surface area contributed by atoms with E-state index < -0.39 is 17.2 Å². The SMILES string of the molecule is COc1cc2c(cc1OC(C)C)[C@H](c1ccc(Cl)cc1)N(c1ccc(C(C)(O)C3CN(C(=O)OC(C)(C)C)C3)cc1)C(=O)C2. The summed E-state index contributed by atoms with van der Waals surface area (Å²) >= 11 is 6.24. The number of anilines is 1. The Hall–Kier alpha value is -3.75. The van der Waals surface area contributed by atoms with Crippen LogP contribution in [0.25, 0.3) is 0 Å². The molecule has 3 aromatic rings. The molecule has 2 aliphatic rings. The van der Waals surface area contributed by atoms with E-state index in [0.717, 1.165) is 16.7 Å². The van der Waals surface area contributed by atoms with E-state index in [9.17, 15) is 14.7 Å².